The fraction of sp³-hybridized carbons (Fsp3) is 0.143. The largest absolute Gasteiger partial charge is 0.477 e. The van der Waals surface area contributed by atoms with Crippen LogP contribution in [0.25, 0.3) is 0 Å². The minimum atomic E-state index is -0.279. The van der Waals surface area contributed by atoms with Gasteiger partial charge in [0.15, 0.2) is 0 Å². The number of carbonyl (C=O) groups excluding carboxylic acids is 1. The van der Waals surface area contributed by atoms with E-state index in [-0.39, 0.29) is 5.91 Å². The van der Waals surface area contributed by atoms with Crippen molar-refractivity contribution in [1.82, 2.24) is 4.98 Å². The van der Waals surface area contributed by atoms with Gasteiger partial charge >= 0.3 is 0 Å². The molecule has 1 aromatic heterocycles. The van der Waals surface area contributed by atoms with Crippen LogP contribution >= 0.6 is 11.6 Å². The summed E-state index contributed by atoms with van der Waals surface area (Å²) in [4.78, 5) is 16.2. The molecule has 0 radical (unpaired) electrons. The summed E-state index contributed by atoms with van der Waals surface area (Å²) in [6.45, 7) is 2.29. The number of pyridine rings is 1. The second kappa shape index (κ2) is 6.20. The first kappa shape index (κ1) is 13.4. The molecule has 0 saturated carbocycles. The van der Waals surface area contributed by atoms with Gasteiger partial charge < -0.3 is 10.1 Å². The Labute approximate surface area is 116 Å². The first-order valence-electron chi connectivity index (χ1n) is 5.85. The van der Waals surface area contributed by atoms with Crippen LogP contribution in [0.3, 0.4) is 0 Å². The summed E-state index contributed by atoms with van der Waals surface area (Å²) in [7, 11) is 0. The Morgan fingerprint density at radius 2 is 2.21 bits per heavy atom. The van der Waals surface area contributed by atoms with E-state index in [0.29, 0.717) is 28.8 Å². The summed E-state index contributed by atoms with van der Waals surface area (Å²) >= 11 is 5.87. The lowest BCUT2D eigenvalue weighted by Gasteiger charge is -2.09. The van der Waals surface area contributed by atoms with Crippen LogP contribution in [0.4, 0.5) is 5.69 Å². The van der Waals surface area contributed by atoms with Gasteiger partial charge in [0.2, 0.25) is 5.88 Å². The van der Waals surface area contributed by atoms with Crippen molar-refractivity contribution in [1.29, 1.82) is 0 Å². The maximum absolute atomic E-state index is 12.1. The molecule has 4 nitrogen and oxygen atoms in total. The molecule has 0 atom stereocenters. The predicted octanol–water partition coefficient (Wildman–Crippen LogP) is 3.39. The van der Waals surface area contributed by atoms with E-state index in [1.54, 1.807) is 42.6 Å². The first-order valence-corrected chi connectivity index (χ1v) is 6.23. The Morgan fingerprint density at radius 1 is 1.37 bits per heavy atom. The van der Waals surface area contributed by atoms with E-state index < -0.39 is 0 Å². The third-order valence-corrected chi connectivity index (χ3v) is 2.61. The number of ether oxygens (including phenoxy) is 1. The van der Waals surface area contributed by atoms with Crippen LogP contribution in [0.5, 0.6) is 5.88 Å². The molecule has 0 bridgehead atoms. The predicted molar refractivity (Wildman–Crippen MR) is 74.8 cm³/mol. The van der Waals surface area contributed by atoms with Crippen LogP contribution in [-0.2, 0) is 0 Å². The Kier molecular flexibility index (Phi) is 4.36. The zero-order valence-corrected chi connectivity index (χ0v) is 11.1. The van der Waals surface area contributed by atoms with Gasteiger partial charge in [-0.25, -0.2) is 4.98 Å². The number of carbonyl (C=O) groups is 1. The number of rotatable bonds is 4. The van der Waals surface area contributed by atoms with Crippen LogP contribution in [0, 0.1) is 0 Å². The first-order chi connectivity index (χ1) is 9.20. The maximum Gasteiger partial charge on any atom is 0.261 e. The minimum Gasteiger partial charge on any atom is -0.477 e. The van der Waals surface area contributed by atoms with Crippen LogP contribution in [0.15, 0.2) is 42.6 Å². The van der Waals surface area contributed by atoms with Gasteiger partial charge in [0.05, 0.1) is 6.61 Å². The number of aromatic nitrogens is 1. The van der Waals surface area contributed by atoms with E-state index in [1.165, 1.54) is 0 Å². The number of halogens is 1. The summed E-state index contributed by atoms with van der Waals surface area (Å²) in [5.74, 6) is 0.0448. The number of amides is 1. The zero-order valence-electron chi connectivity index (χ0n) is 10.4. The molecule has 1 N–H and O–H groups in total. The topological polar surface area (TPSA) is 51.2 Å². The molecule has 2 rings (SSSR count). The highest BCUT2D eigenvalue weighted by molar-refractivity contribution is 6.31. The fourth-order valence-electron chi connectivity index (χ4n) is 1.58. The van der Waals surface area contributed by atoms with E-state index in [4.69, 9.17) is 16.3 Å². The number of hydrogen-bond donors (Lipinski definition) is 1. The number of benzene rings is 1. The van der Waals surface area contributed by atoms with Crippen molar-refractivity contribution in [2.45, 2.75) is 6.92 Å². The molecular weight excluding hydrogens is 264 g/mol. The normalized spacial score (nSPS) is 10.0. The lowest BCUT2D eigenvalue weighted by molar-refractivity contribution is 0.102. The van der Waals surface area contributed by atoms with Gasteiger partial charge in [0.25, 0.3) is 5.91 Å². The summed E-state index contributed by atoms with van der Waals surface area (Å²) in [5.41, 5.74) is 1.02. The molecule has 1 amide bonds. The number of anilines is 1. The maximum atomic E-state index is 12.1. The lowest BCUT2D eigenvalue weighted by Crippen LogP contribution is -2.14. The molecule has 5 heteroatoms. The Hall–Kier alpha value is -2.07. The molecule has 0 aliphatic heterocycles. The SMILES string of the molecule is CCOc1ncccc1C(=O)Nc1cccc(Cl)c1. The van der Waals surface area contributed by atoms with Crippen molar-refractivity contribution in [3.8, 4) is 5.88 Å². The van der Waals surface area contributed by atoms with Gasteiger partial charge in [-0.15, -0.1) is 0 Å². The molecule has 0 aliphatic carbocycles. The van der Waals surface area contributed by atoms with Gasteiger partial charge in [-0.3, -0.25) is 4.79 Å². The molecular formula is C14H13ClN2O2. The molecule has 0 aliphatic rings. The molecule has 1 aromatic carbocycles. The van der Waals surface area contributed by atoms with E-state index in [0.717, 1.165) is 0 Å². The summed E-state index contributed by atoms with van der Waals surface area (Å²) in [6.07, 6.45) is 1.58. The van der Waals surface area contributed by atoms with Crippen LogP contribution in [0.2, 0.25) is 5.02 Å². The van der Waals surface area contributed by atoms with Crippen molar-refractivity contribution >= 4 is 23.2 Å². The van der Waals surface area contributed by atoms with Crippen LogP contribution in [-0.4, -0.2) is 17.5 Å². The standard InChI is InChI=1S/C14H13ClN2O2/c1-2-19-14-12(7-4-8-16-14)13(18)17-11-6-3-5-10(15)9-11/h3-9H,2H2,1H3,(H,17,18). The fourth-order valence-corrected chi connectivity index (χ4v) is 1.77. The van der Waals surface area contributed by atoms with Crippen molar-refractivity contribution in [2.24, 2.45) is 0 Å². The van der Waals surface area contributed by atoms with Crippen molar-refractivity contribution < 1.29 is 9.53 Å². The van der Waals surface area contributed by atoms with Gasteiger partial charge in [0, 0.05) is 16.9 Å². The second-order valence-electron chi connectivity index (χ2n) is 3.75. The van der Waals surface area contributed by atoms with Crippen molar-refractivity contribution in [2.75, 3.05) is 11.9 Å². The third kappa shape index (κ3) is 3.45. The highest BCUT2D eigenvalue weighted by Gasteiger charge is 2.13. The van der Waals surface area contributed by atoms with Crippen LogP contribution in [0.1, 0.15) is 17.3 Å². The van der Waals surface area contributed by atoms with Gasteiger partial charge in [-0.2, -0.15) is 0 Å². The number of nitrogens with zero attached hydrogens (tertiary/aromatic N) is 1. The number of hydrogen-bond acceptors (Lipinski definition) is 3. The summed E-state index contributed by atoms with van der Waals surface area (Å²) in [5, 5.41) is 3.32. The summed E-state index contributed by atoms with van der Waals surface area (Å²) in [6, 6.07) is 10.3. The minimum absolute atomic E-state index is 0.279. The molecule has 0 spiro atoms. The second-order valence-corrected chi connectivity index (χ2v) is 4.19. The highest BCUT2D eigenvalue weighted by Crippen LogP contribution is 2.19. The average Bonchev–Trinajstić information content (AvgIpc) is 2.39. The molecule has 1 heterocycles. The van der Waals surface area contributed by atoms with Gasteiger partial charge in [0.1, 0.15) is 5.56 Å². The van der Waals surface area contributed by atoms with Crippen molar-refractivity contribution in [3.63, 3.8) is 0 Å². The quantitative estimate of drug-likeness (QED) is 0.931. The molecule has 98 valence electrons. The van der Waals surface area contributed by atoms with Gasteiger partial charge in [-0.05, 0) is 37.3 Å². The van der Waals surface area contributed by atoms with Crippen LogP contribution < -0.4 is 10.1 Å². The average molecular weight is 277 g/mol. The molecule has 0 fully saturated rings. The molecule has 0 saturated heterocycles. The van der Waals surface area contributed by atoms with Crippen molar-refractivity contribution in [3.05, 3.63) is 53.2 Å². The van der Waals surface area contributed by atoms with E-state index >= 15 is 0 Å². The monoisotopic (exact) mass is 276 g/mol. The van der Waals surface area contributed by atoms with E-state index in [1.807, 2.05) is 6.92 Å². The van der Waals surface area contributed by atoms with E-state index in [2.05, 4.69) is 10.3 Å². The lowest BCUT2D eigenvalue weighted by atomic mass is 10.2. The molecule has 19 heavy (non-hydrogen) atoms. The Balaban J connectivity index is 2.20. The zero-order chi connectivity index (χ0) is 13.7. The highest BCUT2D eigenvalue weighted by atomic mass is 35.5. The smallest absolute Gasteiger partial charge is 0.261 e. The van der Waals surface area contributed by atoms with Gasteiger partial charge in [-0.1, -0.05) is 17.7 Å². The third-order valence-electron chi connectivity index (χ3n) is 2.38. The van der Waals surface area contributed by atoms with E-state index in [9.17, 15) is 4.79 Å². The number of nitrogens with one attached hydrogen (secondary N) is 1. The Bertz CT molecular complexity index is 587. The molecule has 2 aromatic rings. The summed E-state index contributed by atoms with van der Waals surface area (Å²) < 4.78 is 5.32. The Morgan fingerprint density at radius 3 is 2.95 bits per heavy atom. The molecule has 0 unspecified atom stereocenters.